The molecule has 0 aromatic heterocycles. The van der Waals surface area contributed by atoms with Crippen molar-refractivity contribution in [2.75, 3.05) is 0 Å². The molecule has 0 aliphatic heterocycles. The van der Waals surface area contributed by atoms with E-state index in [0.29, 0.717) is 17.9 Å². The first kappa shape index (κ1) is 11.7. The van der Waals surface area contributed by atoms with Crippen molar-refractivity contribution < 1.29 is 4.39 Å². The highest BCUT2D eigenvalue weighted by molar-refractivity contribution is 4.96. The molecule has 0 fully saturated rings. The molecule has 0 N–H and O–H groups in total. The Balaban J connectivity index is 3.46. The van der Waals surface area contributed by atoms with Gasteiger partial charge in [0, 0.05) is 0 Å². The fourth-order valence-electron chi connectivity index (χ4n) is 1.31. The molecule has 0 aliphatic carbocycles. The third-order valence-corrected chi connectivity index (χ3v) is 2.23. The van der Waals surface area contributed by atoms with Gasteiger partial charge in [-0.3, -0.25) is 0 Å². The average Bonchev–Trinajstić information content (AvgIpc) is 2.00. The summed E-state index contributed by atoms with van der Waals surface area (Å²) in [4.78, 5) is 0. The van der Waals surface area contributed by atoms with Crippen LogP contribution in [0, 0.1) is 5.92 Å². The molecule has 0 bridgehead atoms. The summed E-state index contributed by atoms with van der Waals surface area (Å²) in [5, 5.41) is 0. The first-order chi connectivity index (χ1) is 5.57. The number of hydrogen-bond donors (Lipinski definition) is 0. The molecule has 0 aromatic rings. The Morgan fingerprint density at radius 3 is 2.33 bits per heavy atom. The van der Waals surface area contributed by atoms with Crippen molar-refractivity contribution in [3.63, 3.8) is 0 Å². The second-order valence-corrected chi connectivity index (χ2v) is 3.79. The van der Waals surface area contributed by atoms with E-state index in [4.69, 9.17) is 0 Å². The zero-order chi connectivity index (χ0) is 9.56. The largest absolute Gasteiger partial charge is 0.243 e. The minimum absolute atomic E-state index is 0.649. The monoisotopic (exact) mass is 172 g/mol. The maximum absolute atomic E-state index is 13.0. The topological polar surface area (TPSA) is 0 Å². The van der Waals surface area contributed by atoms with Crippen LogP contribution in [0.4, 0.5) is 4.39 Å². The molecule has 1 unspecified atom stereocenters. The number of rotatable bonds is 6. The van der Waals surface area contributed by atoms with E-state index in [9.17, 15) is 4.39 Å². The van der Waals surface area contributed by atoms with E-state index in [-0.39, 0.29) is 0 Å². The van der Waals surface area contributed by atoms with Crippen molar-refractivity contribution in [3.05, 3.63) is 12.2 Å². The smallest absolute Gasteiger partial charge is 0.121 e. The quantitative estimate of drug-likeness (QED) is 0.529. The third-order valence-electron chi connectivity index (χ3n) is 2.23. The Bertz CT molecular complexity index is 129. The lowest BCUT2D eigenvalue weighted by atomic mass is 9.97. The summed E-state index contributed by atoms with van der Waals surface area (Å²) in [6, 6.07) is 0. The van der Waals surface area contributed by atoms with E-state index >= 15 is 0 Å². The van der Waals surface area contributed by atoms with Crippen molar-refractivity contribution in [3.8, 4) is 0 Å². The third kappa shape index (κ3) is 5.34. The number of hydrogen-bond acceptors (Lipinski definition) is 0. The zero-order valence-corrected chi connectivity index (χ0v) is 8.57. The van der Waals surface area contributed by atoms with Gasteiger partial charge in [0.2, 0.25) is 0 Å². The van der Waals surface area contributed by atoms with E-state index in [1.54, 1.807) is 6.92 Å². The second kappa shape index (κ2) is 6.22. The summed E-state index contributed by atoms with van der Waals surface area (Å²) >= 11 is 0. The van der Waals surface area contributed by atoms with Crippen molar-refractivity contribution >= 4 is 0 Å². The van der Waals surface area contributed by atoms with E-state index in [1.807, 2.05) is 0 Å². The maximum Gasteiger partial charge on any atom is 0.121 e. The van der Waals surface area contributed by atoms with Crippen LogP contribution in [0.2, 0.25) is 0 Å². The van der Waals surface area contributed by atoms with Crippen LogP contribution in [0.3, 0.4) is 0 Å². The van der Waals surface area contributed by atoms with Crippen LogP contribution in [0.15, 0.2) is 12.2 Å². The normalized spacial score (nSPS) is 15.7. The highest BCUT2D eigenvalue weighted by atomic mass is 19.1. The number of alkyl halides is 1. The van der Waals surface area contributed by atoms with Crippen LogP contribution >= 0.6 is 0 Å². The predicted octanol–water partition coefficient (Wildman–Crippen LogP) is 4.12. The standard InChI is InChI=1S/C11H21F/c1-5-6-10(4)7-8-11(12)9(2)3/h10-11H,2,5-8H2,1,3-4H3/t10-,11?/m0/s1. The second-order valence-electron chi connectivity index (χ2n) is 3.79. The van der Waals surface area contributed by atoms with Gasteiger partial charge in [0.05, 0.1) is 0 Å². The fraction of sp³-hybridized carbons (Fsp3) is 0.818. The molecule has 2 atom stereocenters. The molecule has 0 spiro atoms. The molecule has 0 rings (SSSR count). The van der Waals surface area contributed by atoms with Gasteiger partial charge < -0.3 is 0 Å². The van der Waals surface area contributed by atoms with Gasteiger partial charge in [0.25, 0.3) is 0 Å². The summed E-state index contributed by atoms with van der Waals surface area (Å²) in [7, 11) is 0. The molecule has 12 heavy (non-hydrogen) atoms. The van der Waals surface area contributed by atoms with Gasteiger partial charge in [-0.25, -0.2) is 4.39 Å². The van der Waals surface area contributed by atoms with Crippen LogP contribution in [0.5, 0.6) is 0 Å². The summed E-state index contributed by atoms with van der Waals surface area (Å²) in [6.07, 6.45) is 3.26. The van der Waals surface area contributed by atoms with Gasteiger partial charge >= 0.3 is 0 Å². The molecule has 0 heterocycles. The highest BCUT2D eigenvalue weighted by Crippen LogP contribution is 2.17. The van der Waals surface area contributed by atoms with E-state index in [2.05, 4.69) is 20.4 Å². The predicted molar refractivity (Wildman–Crippen MR) is 53.0 cm³/mol. The average molecular weight is 172 g/mol. The Hall–Kier alpha value is -0.330. The molecular weight excluding hydrogens is 151 g/mol. The lowest BCUT2D eigenvalue weighted by Crippen LogP contribution is -2.04. The van der Waals surface area contributed by atoms with Crippen molar-refractivity contribution in [1.29, 1.82) is 0 Å². The van der Waals surface area contributed by atoms with Gasteiger partial charge in [-0.1, -0.05) is 33.3 Å². The van der Waals surface area contributed by atoms with Gasteiger partial charge in [0.15, 0.2) is 0 Å². The van der Waals surface area contributed by atoms with Crippen LogP contribution in [-0.2, 0) is 0 Å². The Labute approximate surface area is 75.9 Å². The zero-order valence-electron chi connectivity index (χ0n) is 8.57. The minimum atomic E-state index is -0.788. The van der Waals surface area contributed by atoms with Crippen LogP contribution in [0.25, 0.3) is 0 Å². The Morgan fingerprint density at radius 2 is 1.92 bits per heavy atom. The molecular formula is C11H21F. The van der Waals surface area contributed by atoms with E-state index in [1.165, 1.54) is 12.8 Å². The van der Waals surface area contributed by atoms with Gasteiger partial charge in [-0.15, -0.1) is 0 Å². The van der Waals surface area contributed by atoms with Crippen molar-refractivity contribution in [1.82, 2.24) is 0 Å². The molecule has 72 valence electrons. The number of halogens is 1. The maximum atomic E-state index is 13.0. The lowest BCUT2D eigenvalue weighted by molar-refractivity contribution is 0.325. The molecule has 0 nitrogen and oxygen atoms in total. The van der Waals surface area contributed by atoms with Crippen LogP contribution in [0.1, 0.15) is 46.5 Å². The van der Waals surface area contributed by atoms with Crippen LogP contribution in [-0.4, -0.2) is 6.17 Å². The van der Waals surface area contributed by atoms with E-state index in [0.717, 1.165) is 6.42 Å². The minimum Gasteiger partial charge on any atom is -0.243 e. The Kier molecular flexibility index (Phi) is 6.04. The molecule has 0 saturated heterocycles. The summed E-state index contributed by atoms with van der Waals surface area (Å²) < 4.78 is 13.0. The molecule has 1 heteroatoms. The lowest BCUT2D eigenvalue weighted by Gasteiger charge is -2.12. The first-order valence-electron chi connectivity index (χ1n) is 4.87. The summed E-state index contributed by atoms with van der Waals surface area (Å²) in [5.41, 5.74) is 0.665. The molecule has 0 aliphatic rings. The SMILES string of the molecule is C=C(C)C(F)CC[C@@H](C)CCC. The van der Waals surface area contributed by atoms with Crippen LogP contribution < -0.4 is 0 Å². The first-order valence-corrected chi connectivity index (χ1v) is 4.87. The summed E-state index contributed by atoms with van der Waals surface area (Å²) in [6.45, 7) is 9.72. The van der Waals surface area contributed by atoms with E-state index < -0.39 is 6.17 Å². The van der Waals surface area contributed by atoms with Gasteiger partial charge in [-0.2, -0.15) is 0 Å². The fourth-order valence-corrected chi connectivity index (χ4v) is 1.31. The Morgan fingerprint density at radius 1 is 1.33 bits per heavy atom. The van der Waals surface area contributed by atoms with Gasteiger partial charge in [0.1, 0.15) is 6.17 Å². The molecule has 0 saturated carbocycles. The summed E-state index contributed by atoms with van der Waals surface area (Å²) in [5.74, 6) is 0.660. The van der Waals surface area contributed by atoms with Crippen molar-refractivity contribution in [2.45, 2.75) is 52.6 Å². The molecule has 0 radical (unpaired) electrons. The highest BCUT2D eigenvalue weighted by Gasteiger charge is 2.09. The molecule has 0 aromatic carbocycles. The number of allylic oxidation sites excluding steroid dienone is 1. The molecule has 0 amide bonds. The van der Waals surface area contributed by atoms with Crippen molar-refractivity contribution in [2.24, 2.45) is 5.92 Å². The van der Waals surface area contributed by atoms with Gasteiger partial charge in [-0.05, 0) is 31.3 Å².